The Morgan fingerprint density at radius 1 is 1.19 bits per heavy atom. The van der Waals surface area contributed by atoms with Crippen molar-refractivity contribution >= 4 is 29.4 Å². The van der Waals surface area contributed by atoms with Crippen LogP contribution in [0.25, 0.3) is 0 Å². The molecule has 1 heterocycles. The third kappa shape index (κ3) is 3.85. The molecule has 2 N–H and O–H groups in total. The number of carbonyl (C=O) groups excluding carboxylic acids is 3. The Bertz CT molecular complexity index is 696. The van der Waals surface area contributed by atoms with Crippen LogP contribution in [-0.2, 0) is 9.59 Å². The molecule has 1 atom stereocenters. The van der Waals surface area contributed by atoms with Crippen molar-refractivity contribution in [3.8, 4) is 0 Å². The quantitative estimate of drug-likeness (QED) is 0.791. The highest BCUT2D eigenvalue weighted by atomic mass is 35.5. The van der Waals surface area contributed by atoms with Gasteiger partial charge in [-0.15, -0.1) is 0 Å². The van der Waals surface area contributed by atoms with Gasteiger partial charge in [-0.25, -0.2) is 4.79 Å². The van der Waals surface area contributed by atoms with Gasteiger partial charge in [-0.3, -0.25) is 14.5 Å². The summed E-state index contributed by atoms with van der Waals surface area (Å²) >= 11 is 5.87. The Labute approximate surface area is 158 Å². The van der Waals surface area contributed by atoms with E-state index in [9.17, 15) is 14.4 Å². The summed E-state index contributed by atoms with van der Waals surface area (Å²) in [6.45, 7) is 1.59. The Kier molecular flexibility index (Phi) is 5.51. The zero-order valence-corrected chi connectivity index (χ0v) is 15.6. The molecule has 1 saturated heterocycles. The summed E-state index contributed by atoms with van der Waals surface area (Å²) in [4.78, 5) is 38.5. The van der Waals surface area contributed by atoms with E-state index in [-0.39, 0.29) is 24.4 Å². The molecular formula is C19H24ClN3O3. The first-order valence-electron chi connectivity index (χ1n) is 9.10. The maximum atomic E-state index is 12.8. The van der Waals surface area contributed by atoms with Gasteiger partial charge in [0, 0.05) is 5.02 Å². The van der Waals surface area contributed by atoms with E-state index in [0.717, 1.165) is 36.1 Å². The number of hydrogen-bond donors (Lipinski definition) is 2. The van der Waals surface area contributed by atoms with Crippen molar-refractivity contribution in [2.45, 2.75) is 57.0 Å². The van der Waals surface area contributed by atoms with Gasteiger partial charge >= 0.3 is 6.03 Å². The Hall–Kier alpha value is -2.08. The lowest BCUT2D eigenvalue weighted by atomic mass is 9.90. The minimum atomic E-state index is -0.810. The summed E-state index contributed by atoms with van der Waals surface area (Å²) in [5, 5.41) is 6.31. The van der Waals surface area contributed by atoms with Crippen molar-refractivity contribution in [3.63, 3.8) is 0 Å². The molecule has 6 nitrogen and oxygen atoms in total. The molecule has 3 rings (SSSR count). The second-order valence-electron chi connectivity index (χ2n) is 7.16. The average Bonchev–Trinajstić information content (AvgIpc) is 2.77. The van der Waals surface area contributed by atoms with Gasteiger partial charge in [0.2, 0.25) is 5.91 Å². The van der Waals surface area contributed by atoms with Crippen molar-refractivity contribution < 1.29 is 14.4 Å². The summed E-state index contributed by atoms with van der Waals surface area (Å²) in [6, 6.07) is 6.47. The molecule has 0 unspecified atom stereocenters. The zero-order valence-electron chi connectivity index (χ0n) is 14.9. The molecule has 0 radical (unpaired) electrons. The van der Waals surface area contributed by atoms with Crippen LogP contribution in [0.4, 0.5) is 4.79 Å². The van der Waals surface area contributed by atoms with Crippen LogP contribution in [-0.4, -0.2) is 34.8 Å². The second kappa shape index (κ2) is 7.66. The first kappa shape index (κ1) is 18.7. The number of hydrogen-bond acceptors (Lipinski definition) is 3. The van der Waals surface area contributed by atoms with Gasteiger partial charge in [-0.05, 0) is 37.5 Å². The summed E-state index contributed by atoms with van der Waals surface area (Å²) < 4.78 is 0. The van der Waals surface area contributed by atoms with Gasteiger partial charge in [-0.2, -0.15) is 0 Å². The van der Waals surface area contributed by atoms with Gasteiger partial charge in [-0.1, -0.05) is 49.4 Å². The van der Waals surface area contributed by atoms with Crippen LogP contribution in [0.1, 0.15) is 57.1 Å². The highest BCUT2D eigenvalue weighted by Gasteiger charge is 2.51. The molecule has 1 aliphatic carbocycles. The minimum absolute atomic E-state index is 0.243. The molecular weight excluding hydrogens is 354 g/mol. The fourth-order valence-corrected chi connectivity index (χ4v) is 3.88. The zero-order chi connectivity index (χ0) is 18.7. The number of urea groups is 1. The number of amides is 4. The van der Waals surface area contributed by atoms with E-state index in [1.54, 1.807) is 12.1 Å². The topological polar surface area (TPSA) is 78.5 Å². The lowest BCUT2D eigenvalue weighted by Crippen LogP contribution is -2.47. The monoisotopic (exact) mass is 377 g/mol. The van der Waals surface area contributed by atoms with E-state index < -0.39 is 11.6 Å². The molecule has 1 aliphatic heterocycles. The molecule has 7 heteroatoms. The fourth-order valence-electron chi connectivity index (χ4n) is 3.76. The Balaban J connectivity index is 1.62. The first-order valence-corrected chi connectivity index (χ1v) is 9.48. The molecule has 1 aromatic rings. The fraction of sp³-hybridized carbons (Fsp3) is 0.526. The number of imide groups is 1. The number of benzene rings is 1. The number of rotatable bonds is 4. The molecule has 140 valence electrons. The summed E-state index contributed by atoms with van der Waals surface area (Å²) in [5.74, 6) is -0.625. The normalized spacial score (nSPS) is 20.6. The van der Waals surface area contributed by atoms with Gasteiger partial charge in [0.25, 0.3) is 5.91 Å². The average molecular weight is 378 g/mol. The highest BCUT2D eigenvalue weighted by Crippen LogP contribution is 2.32. The van der Waals surface area contributed by atoms with Crippen molar-refractivity contribution in [3.05, 3.63) is 34.9 Å². The standard InChI is InChI=1S/C19H24ClN3O3/c1-13(14-6-8-15(20)9-7-14)21-16(24)12-23-17(25)19(22-18(23)26)10-4-2-3-5-11-19/h6-9,13H,2-5,10-12H2,1H3,(H,21,24)(H,22,26)/t13-/m0/s1. The van der Waals surface area contributed by atoms with Crippen LogP contribution >= 0.6 is 11.6 Å². The highest BCUT2D eigenvalue weighted by molar-refractivity contribution is 6.30. The molecule has 2 aliphatic rings. The second-order valence-corrected chi connectivity index (χ2v) is 7.59. The van der Waals surface area contributed by atoms with Crippen LogP contribution in [0.15, 0.2) is 24.3 Å². The van der Waals surface area contributed by atoms with Crippen molar-refractivity contribution in [1.29, 1.82) is 0 Å². The van der Waals surface area contributed by atoms with Crippen molar-refractivity contribution in [1.82, 2.24) is 15.5 Å². The Morgan fingerprint density at radius 2 is 1.81 bits per heavy atom. The lowest BCUT2D eigenvalue weighted by molar-refractivity contribution is -0.135. The maximum absolute atomic E-state index is 12.8. The van der Waals surface area contributed by atoms with Crippen molar-refractivity contribution in [2.75, 3.05) is 6.54 Å². The Morgan fingerprint density at radius 3 is 2.42 bits per heavy atom. The number of carbonyl (C=O) groups is 3. The number of halogens is 1. The third-order valence-electron chi connectivity index (χ3n) is 5.25. The molecule has 4 amide bonds. The van der Waals surface area contributed by atoms with E-state index in [4.69, 9.17) is 11.6 Å². The summed E-state index contributed by atoms with van der Waals surface area (Å²) in [7, 11) is 0. The van der Waals surface area contributed by atoms with E-state index in [1.807, 2.05) is 19.1 Å². The van der Waals surface area contributed by atoms with Gasteiger partial charge in [0.05, 0.1) is 6.04 Å². The van der Waals surface area contributed by atoms with E-state index in [0.29, 0.717) is 17.9 Å². The molecule has 26 heavy (non-hydrogen) atoms. The number of nitrogens with zero attached hydrogens (tertiary/aromatic N) is 1. The van der Waals surface area contributed by atoms with Crippen LogP contribution < -0.4 is 10.6 Å². The molecule has 2 fully saturated rings. The summed E-state index contributed by atoms with van der Waals surface area (Å²) in [5.41, 5.74) is 0.0931. The predicted molar refractivity (Wildman–Crippen MR) is 98.7 cm³/mol. The molecule has 1 saturated carbocycles. The maximum Gasteiger partial charge on any atom is 0.325 e. The largest absolute Gasteiger partial charge is 0.348 e. The van der Waals surface area contributed by atoms with Gasteiger partial charge in [0.1, 0.15) is 12.1 Å². The molecule has 1 spiro atoms. The molecule has 1 aromatic carbocycles. The van der Waals surface area contributed by atoms with Crippen molar-refractivity contribution in [2.24, 2.45) is 0 Å². The summed E-state index contributed by atoms with van der Waals surface area (Å²) in [6.07, 6.45) is 5.28. The smallest absolute Gasteiger partial charge is 0.325 e. The first-order chi connectivity index (χ1) is 12.4. The molecule has 0 bridgehead atoms. The van der Waals surface area contributed by atoms with Gasteiger partial charge < -0.3 is 10.6 Å². The van der Waals surface area contributed by atoms with Gasteiger partial charge in [0.15, 0.2) is 0 Å². The SMILES string of the molecule is C[C@H](NC(=O)CN1C(=O)NC2(CCCCCC2)C1=O)c1ccc(Cl)cc1. The van der Waals surface area contributed by atoms with Crippen LogP contribution in [0.5, 0.6) is 0 Å². The van der Waals surface area contributed by atoms with E-state index in [1.165, 1.54) is 0 Å². The predicted octanol–water partition coefficient (Wildman–Crippen LogP) is 3.16. The van der Waals surface area contributed by atoms with Crippen LogP contribution in [0.2, 0.25) is 5.02 Å². The van der Waals surface area contributed by atoms with E-state index in [2.05, 4.69) is 10.6 Å². The van der Waals surface area contributed by atoms with Crippen LogP contribution in [0, 0.1) is 0 Å². The number of nitrogens with one attached hydrogen (secondary N) is 2. The van der Waals surface area contributed by atoms with Crippen LogP contribution in [0.3, 0.4) is 0 Å². The third-order valence-corrected chi connectivity index (χ3v) is 5.50. The molecule has 0 aromatic heterocycles. The van der Waals surface area contributed by atoms with E-state index >= 15 is 0 Å². The minimum Gasteiger partial charge on any atom is -0.348 e. The lowest BCUT2D eigenvalue weighted by Gasteiger charge is -2.24.